The van der Waals surface area contributed by atoms with Gasteiger partial charge in [-0.15, -0.1) is 0 Å². The summed E-state index contributed by atoms with van der Waals surface area (Å²) in [6.07, 6.45) is 8.88. The number of methoxy groups -OCH3 is 1. The zero-order valence-electron chi connectivity index (χ0n) is 14.1. The molecule has 1 aromatic heterocycles. The van der Waals surface area contributed by atoms with E-state index in [1.54, 1.807) is 11.8 Å². The highest BCUT2D eigenvalue weighted by Gasteiger charge is 2.36. The molecule has 1 aliphatic rings. The number of ether oxygens (including phenoxy) is 1. The summed E-state index contributed by atoms with van der Waals surface area (Å²) in [6, 6.07) is 0. The molecule has 0 amide bonds. The Balaban J connectivity index is 1.87. The van der Waals surface area contributed by atoms with Crippen LogP contribution in [0.25, 0.3) is 0 Å². The zero-order chi connectivity index (χ0) is 15.8. The normalized spacial score (nSPS) is 17.1. The number of hydrogen-bond donors (Lipinski definition) is 2. The lowest BCUT2D eigenvalue weighted by Crippen LogP contribution is -2.46. The van der Waals surface area contributed by atoms with E-state index in [0.717, 1.165) is 37.6 Å². The first-order chi connectivity index (χ1) is 10.7. The van der Waals surface area contributed by atoms with E-state index < -0.39 is 0 Å². The molecule has 2 rings (SSSR count). The molecule has 0 radical (unpaired) electrons. The van der Waals surface area contributed by atoms with E-state index in [9.17, 15) is 0 Å². The monoisotopic (exact) mass is 307 g/mol. The second kappa shape index (κ2) is 8.17. The predicted octanol–water partition coefficient (Wildman–Crippen LogP) is 1.68. The van der Waals surface area contributed by atoms with E-state index in [1.165, 1.54) is 19.3 Å². The van der Waals surface area contributed by atoms with E-state index in [-0.39, 0.29) is 0 Å². The van der Waals surface area contributed by atoms with E-state index in [4.69, 9.17) is 4.74 Å². The van der Waals surface area contributed by atoms with Crippen molar-refractivity contribution in [2.24, 2.45) is 17.5 Å². The van der Waals surface area contributed by atoms with Crippen molar-refractivity contribution in [2.75, 3.05) is 26.8 Å². The maximum absolute atomic E-state index is 5.25. The number of aryl methyl sites for hydroxylation is 1. The highest BCUT2D eigenvalue weighted by atomic mass is 16.5. The van der Waals surface area contributed by atoms with Crippen LogP contribution in [0.5, 0.6) is 0 Å². The van der Waals surface area contributed by atoms with E-state index in [0.29, 0.717) is 12.0 Å². The summed E-state index contributed by atoms with van der Waals surface area (Å²) in [5.74, 6) is 0.884. The summed E-state index contributed by atoms with van der Waals surface area (Å²) in [7, 11) is 3.70. The van der Waals surface area contributed by atoms with Gasteiger partial charge in [0.1, 0.15) is 0 Å². The number of aromatic nitrogens is 2. The summed E-state index contributed by atoms with van der Waals surface area (Å²) < 4.78 is 7.06. The van der Waals surface area contributed by atoms with Crippen LogP contribution in [0.15, 0.2) is 17.4 Å². The van der Waals surface area contributed by atoms with Crippen LogP contribution in [-0.2, 0) is 18.3 Å². The van der Waals surface area contributed by atoms with E-state index in [2.05, 4.69) is 27.6 Å². The lowest BCUT2D eigenvalue weighted by molar-refractivity contribution is 0.0732. The molecular weight excluding hydrogens is 278 g/mol. The molecule has 1 aliphatic carbocycles. The molecule has 0 spiro atoms. The number of aliphatic imine (C=N–C) groups is 1. The fourth-order valence-corrected chi connectivity index (χ4v) is 2.85. The van der Waals surface area contributed by atoms with Gasteiger partial charge in [0.15, 0.2) is 5.96 Å². The van der Waals surface area contributed by atoms with E-state index in [1.807, 2.05) is 19.4 Å². The second-order valence-corrected chi connectivity index (χ2v) is 6.17. The topological polar surface area (TPSA) is 63.5 Å². The molecule has 1 heterocycles. The van der Waals surface area contributed by atoms with Crippen LogP contribution in [0.2, 0.25) is 0 Å². The van der Waals surface area contributed by atoms with Crippen molar-refractivity contribution in [3.63, 3.8) is 0 Å². The Kier molecular flexibility index (Phi) is 6.24. The lowest BCUT2D eigenvalue weighted by atomic mass is 9.67. The van der Waals surface area contributed by atoms with Gasteiger partial charge in [-0.05, 0) is 31.6 Å². The van der Waals surface area contributed by atoms with Gasteiger partial charge in [0.2, 0.25) is 0 Å². The Hall–Kier alpha value is -1.56. The maximum Gasteiger partial charge on any atom is 0.191 e. The number of hydrogen-bond acceptors (Lipinski definition) is 3. The first-order valence-electron chi connectivity index (χ1n) is 8.16. The van der Waals surface area contributed by atoms with Crippen molar-refractivity contribution < 1.29 is 4.74 Å². The van der Waals surface area contributed by atoms with Crippen LogP contribution in [0.3, 0.4) is 0 Å². The number of nitrogens with zero attached hydrogens (tertiary/aromatic N) is 3. The van der Waals surface area contributed by atoms with Gasteiger partial charge >= 0.3 is 0 Å². The lowest BCUT2D eigenvalue weighted by Gasteiger charge is -2.42. The molecule has 0 atom stereocenters. The van der Waals surface area contributed by atoms with Crippen LogP contribution in [0, 0.1) is 5.41 Å². The Bertz CT molecular complexity index is 479. The third-order valence-corrected chi connectivity index (χ3v) is 4.40. The second-order valence-electron chi connectivity index (χ2n) is 6.17. The molecule has 0 aliphatic heterocycles. The molecule has 0 saturated heterocycles. The van der Waals surface area contributed by atoms with E-state index >= 15 is 0 Å². The minimum absolute atomic E-state index is 0.389. The van der Waals surface area contributed by atoms with Crippen molar-refractivity contribution in [2.45, 2.75) is 39.2 Å². The minimum atomic E-state index is 0.389. The van der Waals surface area contributed by atoms with Crippen molar-refractivity contribution in [3.05, 3.63) is 18.0 Å². The molecule has 1 aromatic rings. The summed E-state index contributed by atoms with van der Waals surface area (Å²) in [6.45, 7) is 5.41. The van der Waals surface area contributed by atoms with Gasteiger partial charge in [-0.3, -0.25) is 4.68 Å². The molecule has 0 aromatic carbocycles. The first-order valence-corrected chi connectivity index (χ1v) is 8.16. The third kappa shape index (κ3) is 4.73. The number of nitrogens with one attached hydrogen (secondary N) is 2. The highest BCUT2D eigenvalue weighted by molar-refractivity contribution is 5.79. The Morgan fingerprint density at radius 2 is 2.27 bits per heavy atom. The van der Waals surface area contributed by atoms with Crippen LogP contribution in [-0.4, -0.2) is 42.5 Å². The molecule has 2 N–H and O–H groups in total. The predicted molar refractivity (Wildman–Crippen MR) is 88.8 cm³/mol. The van der Waals surface area contributed by atoms with Crippen LogP contribution >= 0.6 is 0 Å². The maximum atomic E-state index is 5.25. The average Bonchev–Trinajstić information content (AvgIpc) is 2.88. The molecule has 6 nitrogen and oxygen atoms in total. The van der Waals surface area contributed by atoms with Gasteiger partial charge in [0, 0.05) is 45.6 Å². The summed E-state index contributed by atoms with van der Waals surface area (Å²) in [4.78, 5) is 4.65. The van der Waals surface area contributed by atoms with Gasteiger partial charge in [-0.1, -0.05) is 6.42 Å². The molecular formula is C16H29N5O. The Morgan fingerprint density at radius 1 is 1.45 bits per heavy atom. The molecule has 1 fully saturated rings. The summed E-state index contributed by atoms with van der Waals surface area (Å²) in [5, 5.41) is 11.0. The minimum Gasteiger partial charge on any atom is -0.385 e. The standard InChI is InChI=1S/C16H29N5O/c1-4-17-15(18-10-14-11-20-21(2)12-14)19-13-16(6-5-7-16)8-9-22-3/h11-12H,4-10,13H2,1-3H3,(H2,17,18,19). The van der Waals surface area contributed by atoms with Crippen molar-refractivity contribution in [1.29, 1.82) is 0 Å². The Labute approximate surface area is 133 Å². The van der Waals surface area contributed by atoms with Gasteiger partial charge in [0.25, 0.3) is 0 Å². The van der Waals surface area contributed by atoms with Crippen molar-refractivity contribution in [3.8, 4) is 0 Å². The molecule has 6 heteroatoms. The van der Waals surface area contributed by atoms with Crippen molar-refractivity contribution in [1.82, 2.24) is 20.4 Å². The first kappa shape index (κ1) is 16.8. The molecule has 0 bridgehead atoms. The van der Waals surface area contributed by atoms with Gasteiger partial charge in [-0.2, -0.15) is 5.10 Å². The highest BCUT2D eigenvalue weighted by Crippen LogP contribution is 2.43. The molecule has 0 unspecified atom stereocenters. The average molecular weight is 307 g/mol. The van der Waals surface area contributed by atoms with Crippen LogP contribution < -0.4 is 10.6 Å². The number of rotatable bonds is 8. The quantitative estimate of drug-likeness (QED) is 0.566. The van der Waals surface area contributed by atoms with Gasteiger partial charge in [-0.25, -0.2) is 4.99 Å². The fraction of sp³-hybridized carbons (Fsp3) is 0.750. The SMILES string of the molecule is CCNC(=NCc1cnn(C)c1)NCC1(CCOC)CCC1. The smallest absolute Gasteiger partial charge is 0.191 e. The van der Waals surface area contributed by atoms with Gasteiger partial charge in [0.05, 0.1) is 12.7 Å². The van der Waals surface area contributed by atoms with Crippen molar-refractivity contribution >= 4 is 5.96 Å². The largest absolute Gasteiger partial charge is 0.385 e. The zero-order valence-corrected chi connectivity index (χ0v) is 14.1. The van der Waals surface area contributed by atoms with Gasteiger partial charge < -0.3 is 15.4 Å². The molecule has 1 saturated carbocycles. The van der Waals surface area contributed by atoms with Crippen LogP contribution in [0.4, 0.5) is 0 Å². The third-order valence-electron chi connectivity index (χ3n) is 4.40. The summed E-state index contributed by atoms with van der Waals surface area (Å²) >= 11 is 0. The Morgan fingerprint density at radius 3 is 2.82 bits per heavy atom. The summed E-state index contributed by atoms with van der Waals surface area (Å²) in [5.41, 5.74) is 1.51. The number of guanidine groups is 1. The van der Waals surface area contributed by atoms with Crippen LogP contribution in [0.1, 0.15) is 38.2 Å². The molecule has 124 valence electrons. The molecule has 22 heavy (non-hydrogen) atoms. The fourth-order valence-electron chi connectivity index (χ4n) is 2.85.